The second-order valence-corrected chi connectivity index (χ2v) is 6.07. The molecule has 0 saturated carbocycles. The van der Waals surface area contributed by atoms with Crippen molar-refractivity contribution >= 4 is 18.3 Å². The average Bonchev–Trinajstić information content (AvgIpc) is 3.10. The van der Waals surface area contributed by atoms with Gasteiger partial charge < -0.3 is 10.2 Å². The van der Waals surface area contributed by atoms with Crippen LogP contribution in [0, 0.1) is 0 Å². The van der Waals surface area contributed by atoms with Crippen LogP contribution >= 0.6 is 12.4 Å². The maximum absolute atomic E-state index is 12.8. The van der Waals surface area contributed by atoms with Crippen LogP contribution < -0.4 is 5.32 Å². The summed E-state index contributed by atoms with van der Waals surface area (Å²) in [6, 6.07) is 6.65. The first-order valence-corrected chi connectivity index (χ1v) is 8.08. The van der Waals surface area contributed by atoms with E-state index in [1.165, 1.54) is 29.1 Å². The lowest BCUT2D eigenvalue weighted by Gasteiger charge is -2.32. The van der Waals surface area contributed by atoms with Crippen LogP contribution in [0.5, 0.6) is 0 Å². The molecule has 1 unspecified atom stereocenters. The number of nitrogens with zero attached hydrogens (tertiary/aromatic N) is 3. The topological polar surface area (TPSA) is 50.2 Å². The Labute approximate surface area is 155 Å². The van der Waals surface area contributed by atoms with Crippen LogP contribution in [-0.2, 0) is 6.18 Å². The minimum absolute atomic E-state index is 0. The van der Waals surface area contributed by atoms with Gasteiger partial charge in [0.15, 0.2) is 5.69 Å². The number of amides is 1. The second-order valence-electron chi connectivity index (χ2n) is 6.07. The first-order valence-electron chi connectivity index (χ1n) is 8.08. The van der Waals surface area contributed by atoms with Crippen molar-refractivity contribution in [2.75, 3.05) is 20.1 Å². The average molecular weight is 389 g/mol. The molecule has 26 heavy (non-hydrogen) atoms. The fourth-order valence-electron chi connectivity index (χ4n) is 2.97. The van der Waals surface area contributed by atoms with Crippen molar-refractivity contribution in [2.45, 2.75) is 25.1 Å². The van der Waals surface area contributed by atoms with Gasteiger partial charge in [-0.2, -0.15) is 18.3 Å². The highest BCUT2D eigenvalue weighted by Crippen LogP contribution is 2.30. The van der Waals surface area contributed by atoms with E-state index in [0.29, 0.717) is 13.1 Å². The largest absolute Gasteiger partial charge is 0.416 e. The van der Waals surface area contributed by atoms with E-state index >= 15 is 0 Å². The smallest absolute Gasteiger partial charge is 0.336 e. The number of halogens is 4. The quantitative estimate of drug-likeness (QED) is 0.878. The van der Waals surface area contributed by atoms with Crippen molar-refractivity contribution < 1.29 is 18.0 Å². The standard InChI is InChI=1S/C17H19F3N4O.ClH/c1-21-13-5-3-8-23(11-13)16(25)15-7-9-24(22-15)14-6-2-4-12(10-14)17(18,19)20;/h2,4,6-7,9-10,13,21H,3,5,8,11H2,1H3;1H. The third-order valence-electron chi connectivity index (χ3n) is 4.36. The van der Waals surface area contributed by atoms with Gasteiger partial charge in [0.05, 0.1) is 11.3 Å². The summed E-state index contributed by atoms with van der Waals surface area (Å²) in [4.78, 5) is 14.3. The molecule has 1 fully saturated rings. The van der Waals surface area contributed by atoms with Gasteiger partial charge in [0.1, 0.15) is 0 Å². The Bertz CT molecular complexity index is 762. The maximum atomic E-state index is 12.8. The van der Waals surface area contributed by atoms with Crippen molar-refractivity contribution in [3.8, 4) is 5.69 Å². The molecule has 2 aromatic rings. The van der Waals surface area contributed by atoms with Crippen LogP contribution in [0.3, 0.4) is 0 Å². The van der Waals surface area contributed by atoms with E-state index < -0.39 is 11.7 Å². The summed E-state index contributed by atoms with van der Waals surface area (Å²) in [5.41, 5.74) is -0.254. The molecule has 1 aromatic carbocycles. The van der Waals surface area contributed by atoms with Gasteiger partial charge in [-0.25, -0.2) is 4.68 Å². The number of likely N-dealkylation sites (tertiary alicyclic amines) is 1. The van der Waals surface area contributed by atoms with Gasteiger partial charge >= 0.3 is 6.18 Å². The Hall–Kier alpha value is -2.06. The van der Waals surface area contributed by atoms with E-state index in [1.54, 1.807) is 4.90 Å². The second kappa shape index (κ2) is 8.09. The Morgan fingerprint density at radius 1 is 1.31 bits per heavy atom. The van der Waals surface area contributed by atoms with Crippen molar-refractivity contribution in [2.24, 2.45) is 0 Å². The van der Waals surface area contributed by atoms with Crippen LogP contribution in [0.1, 0.15) is 28.9 Å². The Morgan fingerprint density at radius 2 is 2.08 bits per heavy atom. The molecule has 0 aliphatic carbocycles. The van der Waals surface area contributed by atoms with Crippen LogP contribution in [-0.4, -0.2) is 46.8 Å². The van der Waals surface area contributed by atoms with Crippen molar-refractivity contribution in [1.82, 2.24) is 20.0 Å². The number of hydrogen-bond acceptors (Lipinski definition) is 3. The molecule has 142 valence electrons. The van der Waals surface area contributed by atoms with Gasteiger partial charge in [-0.3, -0.25) is 4.79 Å². The minimum Gasteiger partial charge on any atom is -0.336 e. The summed E-state index contributed by atoms with van der Waals surface area (Å²) in [5, 5.41) is 7.33. The molecule has 1 saturated heterocycles. The van der Waals surface area contributed by atoms with Gasteiger partial charge in [0.2, 0.25) is 0 Å². The third kappa shape index (κ3) is 4.37. The number of piperidine rings is 1. The number of aromatic nitrogens is 2. The van der Waals surface area contributed by atoms with Crippen LogP contribution in [0.4, 0.5) is 13.2 Å². The zero-order chi connectivity index (χ0) is 18.0. The Balaban J connectivity index is 0.00000243. The lowest BCUT2D eigenvalue weighted by Crippen LogP contribution is -2.47. The third-order valence-corrected chi connectivity index (χ3v) is 4.36. The van der Waals surface area contributed by atoms with Crippen molar-refractivity contribution in [3.63, 3.8) is 0 Å². The van der Waals surface area contributed by atoms with Gasteiger partial charge in [0, 0.05) is 25.3 Å². The predicted molar refractivity (Wildman–Crippen MR) is 93.8 cm³/mol. The molecule has 0 spiro atoms. The van der Waals surface area contributed by atoms with E-state index in [1.807, 2.05) is 7.05 Å². The monoisotopic (exact) mass is 388 g/mol. The predicted octanol–water partition coefficient (Wildman–Crippen LogP) is 3.14. The first kappa shape index (κ1) is 20.3. The number of benzene rings is 1. The molecule has 1 N–H and O–H groups in total. The minimum atomic E-state index is -4.42. The summed E-state index contributed by atoms with van der Waals surface area (Å²) >= 11 is 0. The highest BCUT2D eigenvalue weighted by atomic mass is 35.5. The van der Waals surface area contributed by atoms with Crippen LogP contribution in [0.25, 0.3) is 5.69 Å². The van der Waals surface area contributed by atoms with Gasteiger partial charge in [-0.1, -0.05) is 6.07 Å². The highest BCUT2D eigenvalue weighted by Gasteiger charge is 2.30. The van der Waals surface area contributed by atoms with Crippen LogP contribution in [0.15, 0.2) is 36.5 Å². The number of hydrogen-bond donors (Lipinski definition) is 1. The number of carbonyl (C=O) groups excluding carboxylic acids is 1. The number of alkyl halides is 3. The fraction of sp³-hybridized carbons (Fsp3) is 0.412. The number of carbonyl (C=O) groups is 1. The summed E-state index contributed by atoms with van der Waals surface area (Å²) < 4.78 is 39.8. The molecular weight excluding hydrogens is 369 g/mol. The molecule has 5 nitrogen and oxygen atoms in total. The molecule has 3 rings (SSSR count). The van der Waals surface area contributed by atoms with Gasteiger partial charge in [-0.15, -0.1) is 12.4 Å². The van der Waals surface area contributed by atoms with E-state index in [4.69, 9.17) is 0 Å². The summed E-state index contributed by atoms with van der Waals surface area (Å²) in [6.07, 6.45) is -0.995. The lowest BCUT2D eigenvalue weighted by atomic mass is 10.1. The van der Waals surface area contributed by atoms with E-state index in [-0.39, 0.29) is 35.7 Å². The van der Waals surface area contributed by atoms with E-state index in [9.17, 15) is 18.0 Å². The molecule has 1 aromatic heterocycles. The molecule has 1 aliphatic heterocycles. The highest BCUT2D eigenvalue weighted by molar-refractivity contribution is 5.92. The SMILES string of the molecule is CNC1CCCN(C(=O)c2ccn(-c3cccc(C(F)(F)F)c3)n2)C1.Cl. The molecular formula is C17H20ClF3N4O. The zero-order valence-electron chi connectivity index (χ0n) is 14.2. The number of likely N-dealkylation sites (N-methyl/N-ethyl adjacent to an activating group) is 1. The van der Waals surface area contributed by atoms with E-state index in [2.05, 4.69) is 10.4 Å². The normalized spacial score (nSPS) is 17.7. The molecule has 1 amide bonds. The van der Waals surface area contributed by atoms with Crippen molar-refractivity contribution in [1.29, 1.82) is 0 Å². The van der Waals surface area contributed by atoms with Gasteiger partial charge in [0.25, 0.3) is 5.91 Å². The molecule has 1 aliphatic rings. The van der Waals surface area contributed by atoms with Crippen molar-refractivity contribution in [3.05, 3.63) is 47.8 Å². The molecule has 2 heterocycles. The maximum Gasteiger partial charge on any atom is 0.416 e. The Kier molecular flexibility index (Phi) is 6.30. The van der Waals surface area contributed by atoms with E-state index in [0.717, 1.165) is 25.0 Å². The first-order chi connectivity index (χ1) is 11.9. The van der Waals surface area contributed by atoms with Gasteiger partial charge in [-0.05, 0) is 44.2 Å². The molecule has 9 heteroatoms. The molecule has 0 bridgehead atoms. The fourth-order valence-corrected chi connectivity index (χ4v) is 2.97. The summed E-state index contributed by atoms with van der Waals surface area (Å²) in [5.74, 6) is -0.203. The lowest BCUT2D eigenvalue weighted by molar-refractivity contribution is -0.137. The van der Waals surface area contributed by atoms with Crippen LogP contribution in [0.2, 0.25) is 0 Å². The molecule has 0 radical (unpaired) electrons. The molecule has 1 atom stereocenters. The Morgan fingerprint density at radius 3 is 2.77 bits per heavy atom. The zero-order valence-corrected chi connectivity index (χ0v) is 15.0. The summed E-state index contributed by atoms with van der Waals surface area (Å²) in [7, 11) is 1.86. The summed E-state index contributed by atoms with van der Waals surface area (Å²) in [6.45, 7) is 1.26. The number of nitrogens with one attached hydrogen (secondary N) is 1. The number of rotatable bonds is 3.